The largest absolute Gasteiger partial charge is 0.475 e. The second kappa shape index (κ2) is 8.29. The zero-order chi connectivity index (χ0) is 18.5. The fraction of sp³-hybridized carbons (Fsp3) is 0.222. The van der Waals surface area contributed by atoms with E-state index in [1.54, 1.807) is 25.4 Å². The molecular weight excluding hydrogens is 405 g/mol. The molecule has 3 rings (SSSR count). The molecule has 0 radical (unpaired) electrons. The van der Waals surface area contributed by atoms with Gasteiger partial charge in [0, 0.05) is 35.3 Å². The van der Waals surface area contributed by atoms with Crippen LogP contribution in [0.3, 0.4) is 0 Å². The second-order valence-electron chi connectivity index (χ2n) is 5.52. The minimum atomic E-state index is -0.397. The second-order valence-corrected chi connectivity index (χ2v) is 6.44. The van der Waals surface area contributed by atoms with Crippen LogP contribution < -0.4 is 10.1 Å². The van der Waals surface area contributed by atoms with Crippen LogP contribution in [0.15, 0.2) is 41.0 Å². The number of H-pyrrole nitrogens is 1. The Labute approximate surface area is 157 Å². The maximum absolute atomic E-state index is 14.0. The van der Waals surface area contributed by atoms with Crippen LogP contribution in [-0.2, 0) is 11.3 Å². The lowest BCUT2D eigenvalue weighted by atomic mass is 10.2. The van der Waals surface area contributed by atoms with E-state index in [0.717, 1.165) is 5.56 Å². The van der Waals surface area contributed by atoms with Gasteiger partial charge in [0.1, 0.15) is 18.1 Å². The number of carbonyl (C=O) groups is 1. The summed E-state index contributed by atoms with van der Waals surface area (Å²) in [6.45, 7) is 1.04. The lowest BCUT2D eigenvalue weighted by Gasteiger charge is -2.10. The van der Waals surface area contributed by atoms with Crippen LogP contribution >= 0.6 is 15.9 Å². The Morgan fingerprint density at radius 2 is 2.19 bits per heavy atom. The van der Waals surface area contributed by atoms with Crippen molar-refractivity contribution in [3.05, 3.63) is 58.1 Å². The Hall–Kier alpha value is -2.45. The lowest BCUT2D eigenvalue weighted by molar-refractivity contribution is 0.0946. The summed E-state index contributed by atoms with van der Waals surface area (Å²) in [5.41, 5.74) is 1.57. The number of benzene rings is 1. The minimum Gasteiger partial charge on any atom is -0.475 e. The predicted octanol–water partition coefficient (Wildman–Crippen LogP) is 3.42. The van der Waals surface area contributed by atoms with Crippen molar-refractivity contribution < 1.29 is 18.7 Å². The molecule has 0 fully saturated rings. The molecule has 0 saturated heterocycles. The van der Waals surface area contributed by atoms with Crippen molar-refractivity contribution in [2.45, 2.75) is 6.54 Å². The Balaban J connectivity index is 1.70. The van der Waals surface area contributed by atoms with E-state index in [1.807, 2.05) is 6.07 Å². The Morgan fingerprint density at radius 3 is 3.00 bits per heavy atom. The molecule has 0 aliphatic carbocycles. The number of hydrogen-bond acceptors (Lipinski definition) is 4. The molecule has 0 bridgehead atoms. The maximum atomic E-state index is 14.0. The summed E-state index contributed by atoms with van der Waals surface area (Å²) in [7, 11) is 1.59. The van der Waals surface area contributed by atoms with Crippen molar-refractivity contribution in [2.24, 2.45) is 0 Å². The van der Waals surface area contributed by atoms with E-state index in [0.29, 0.717) is 34.5 Å². The summed E-state index contributed by atoms with van der Waals surface area (Å²) in [5, 5.41) is 3.15. The van der Waals surface area contributed by atoms with Crippen LogP contribution in [-0.4, -0.2) is 36.2 Å². The van der Waals surface area contributed by atoms with Gasteiger partial charge in [-0.25, -0.2) is 9.37 Å². The van der Waals surface area contributed by atoms with Gasteiger partial charge in [0.05, 0.1) is 12.1 Å². The van der Waals surface area contributed by atoms with Gasteiger partial charge in [0.25, 0.3) is 5.91 Å². The Kier molecular flexibility index (Phi) is 5.85. The average Bonchev–Trinajstić information content (AvgIpc) is 3.05. The number of nitrogens with one attached hydrogen (secondary N) is 2. The number of hydrogen-bond donors (Lipinski definition) is 2. The van der Waals surface area contributed by atoms with Crippen molar-refractivity contribution >= 4 is 32.7 Å². The Bertz CT molecular complexity index is 929. The van der Waals surface area contributed by atoms with Gasteiger partial charge in [-0.3, -0.25) is 4.79 Å². The molecule has 2 aromatic heterocycles. The molecule has 1 aromatic carbocycles. The van der Waals surface area contributed by atoms with Crippen LogP contribution in [0, 0.1) is 5.82 Å². The number of aromatic nitrogens is 2. The monoisotopic (exact) mass is 421 g/mol. The van der Waals surface area contributed by atoms with Crippen molar-refractivity contribution in [2.75, 3.05) is 20.3 Å². The van der Waals surface area contributed by atoms with Crippen molar-refractivity contribution in [3.63, 3.8) is 0 Å². The Morgan fingerprint density at radius 1 is 1.35 bits per heavy atom. The summed E-state index contributed by atoms with van der Waals surface area (Å²) in [5.74, 6) is -0.300. The maximum Gasteiger partial charge on any atom is 0.268 e. The molecule has 136 valence electrons. The van der Waals surface area contributed by atoms with E-state index < -0.39 is 5.82 Å². The number of fused-ring (bicyclic) bond motifs is 1. The lowest BCUT2D eigenvalue weighted by Crippen LogP contribution is -2.23. The summed E-state index contributed by atoms with van der Waals surface area (Å²) in [4.78, 5) is 19.5. The molecule has 8 heteroatoms. The number of rotatable bonds is 7. The van der Waals surface area contributed by atoms with E-state index in [-0.39, 0.29) is 18.1 Å². The highest BCUT2D eigenvalue weighted by atomic mass is 79.9. The van der Waals surface area contributed by atoms with Gasteiger partial charge in [0.15, 0.2) is 0 Å². The molecule has 0 spiro atoms. The van der Waals surface area contributed by atoms with Crippen LogP contribution in [0.4, 0.5) is 4.39 Å². The van der Waals surface area contributed by atoms with Gasteiger partial charge in [-0.2, -0.15) is 0 Å². The quantitative estimate of drug-likeness (QED) is 0.573. The van der Waals surface area contributed by atoms with Crippen LogP contribution in [0.5, 0.6) is 5.88 Å². The molecular formula is C18H17BrFN3O3. The SMILES string of the molecule is COCCOc1ncccc1CNC(=O)c1cc2c(F)cc(Br)cc2[nH]1. The van der Waals surface area contributed by atoms with Crippen molar-refractivity contribution in [1.29, 1.82) is 0 Å². The topological polar surface area (TPSA) is 76.2 Å². The van der Waals surface area contributed by atoms with E-state index in [1.165, 1.54) is 12.1 Å². The van der Waals surface area contributed by atoms with E-state index in [9.17, 15) is 9.18 Å². The standard InChI is InChI=1S/C18H17BrFN3O3/c1-25-5-6-26-18-11(3-2-4-21-18)10-22-17(24)16-9-13-14(20)7-12(19)8-15(13)23-16/h2-4,7-9,23H,5-6,10H2,1H3,(H,22,24). The molecule has 2 heterocycles. The number of ether oxygens (including phenoxy) is 2. The molecule has 0 aliphatic heterocycles. The molecule has 6 nitrogen and oxygen atoms in total. The third-order valence-electron chi connectivity index (χ3n) is 3.71. The van der Waals surface area contributed by atoms with Gasteiger partial charge in [-0.15, -0.1) is 0 Å². The zero-order valence-corrected chi connectivity index (χ0v) is 15.6. The van der Waals surface area contributed by atoms with E-state index in [2.05, 4.69) is 31.2 Å². The molecule has 0 atom stereocenters. The van der Waals surface area contributed by atoms with Gasteiger partial charge in [0.2, 0.25) is 5.88 Å². The highest BCUT2D eigenvalue weighted by molar-refractivity contribution is 9.10. The molecule has 26 heavy (non-hydrogen) atoms. The van der Waals surface area contributed by atoms with Gasteiger partial charge in [-0.05, 0) is 24.3 Å². The van der Waals surface area contributed by atoms with E-state index in [4.69, 9.17) is 9.47 Å². The smallest absolute Gasteiger partial charge is 0.268 e. The van der Waals surface area contributed by atoms with Crippen LogP contribution in [0.1, 0.15) is 16.1 Å². The minimum absolute atomic E-state index is 0.233. The van der Waals surface area contributed by atoms with Crippen LogP contribution in [0.25, 0.3) is 10.9 Å². The zero-order valence-electron chi connectivity index (χ0n) is 14.0. The summed E-state index contributed by atoms with van der Waals surface area (Å²) < 4.78 is 25.0. The van der Waals surface area contributed by atoms with Gasteiger partial charge in [-0.1, -0.05) is 22.0 Å². The summed E-state index contributed by atoms with van der Waals surface area (Å²) >= 11 is 3.23. The molecule has 0 saturated carbocycles. The first-order chi connectivity index (χ1) is 12.6. The fourth-order valence-electron chi connectivity index (χ4n) is 2.46. The van der Waals surface area contributed by atoms with Gasteiger partial charge >= 0.3 is 0 Å². The third kappa shape index (κ3) is 4.20. The summed E-state index contributed by atoms with van der Waals surface area (Å²) in [6.07, 6.45) is 1.62. The summed E-state index contributed by atoms with van der Waals surface area (Å²) in [6, 6.07) is 8.15. The fourth-order valence-corrected chi connectivity index (χ4v) is 2.89. The number of amides is 1. The highest BCUT2D eigenvalue weighted by Crippen LogP contribution is 2.24. The molecule has 3 aromatic rings. The van der Waals surface area contributed by atoms with Gasteiger partial charge < -0.3 is 19.8 Å². The van der Waals surface area contributed by atoms with Crippen molar-refractivity contribution in [3.8, 4) is 5.88 Å². The number of pyridine rings is 1. The number of nitrogens with zero attached hydrogens (tertiary/aromatic N) is 1. The number of aromatic amines is 1. The molecule has 0 unspecified atom stereocenters. The van der Waals surface area contributed by atoms with Crippen LogP contribution in [0.2, 0.25) is 0 Å². The normalized spacial score (nSPS) is 10.9. The molecule has 0 aliphatic rings. The predicted molar refractivity (Wildman–Crippen MR) is 98.7 cm³/mol. The first kappa shape index (κ1) is 18.3. The average molecular weight is 422 g/mol. The first-order valence-electron chi connectivity index (χ1n) is 7.90. The third-order valence-corrected chi connectivity index (χ3v) is 4.17. The van der Waals surface area contributed by atoms with E-state index >= 15 is 0 Å². The molecule has 2 N–H and O–H groups in total. The first-order valence-corrected chi connectivity index (χ1v) is 8.69. The van der Waals surface area contributed by atoms with Crippen molar-refractivity contribution in [1.82, 2.24) is 15.3 Å². The molecule has 1 amide bonds. The number of methoxy groups -OCH3 is 1. The number of halogens is 2. The number of carbonyl (C=O) groups excluding carboxylic acids is 1. The highest BCUT2D eigenvalue weighted by Gasteiger charge is 2.13.